The molecule has 3 rings (SSSR count). The maximum absolute atomic E-state index is 2.38. The van der Waals surface area contributed by atoms with Crippen LogP contribution < -0.4 is 4.90 Å². The van der Waals surface area contributed by atoms with Crippen LogP contribution in [-0.4, -0.2) is 0 Å². The lowest BCUT2D eigenvalue weighted by molar-refractivity contribution is 0.917. The first-order valence-corrected chi connectivity index (χ1v) is 7.53. The molecule has 0 aliphatic heterocycles. The smallest absolute Gasteiger partial charge is 0.0461 e. The van der Waals surface area contributed by atoms with Crippen molar-refractivity contribution in [1.29, 1.82) is 0 Å². The van der Waals surface area contributed by atoms with E-state index >= 15 is 0 Å². The Hall–Kier alpha value is -2.28. The van der Waals surface area contributed by atoms with Crippen molar-refractivity contribution in [2.24, 2.45) is 0 Å². The molecule has 0 amide bonds. The average molecular weight is 275 g/mol. The molecule has 0 atom stereocenters. The van der Waals surface area contributed by atoms with Crippen LogP contribution in [0.15, 0.2) is 72.5 Å². The molecule has 0 saturated carbocycles. The highest BCUT2D eigenvalue weighted by molar-refractivity contribution is 5.69. The van der Waals surface area contributed by atoms with Gasteiger partial charge in [0.2, 0.25) is 0 Å². The van der Waals surface area contributed by atoms with E-state index in [-0.39, 0.29) is 0 Å². The fourth-order valence-electron chi connectivity index (χ4n) is 2.79. The molecule has 0 N–H and O–H groups in total. The summed E-state index contributed by atoms with van der Waals surface area (Å²) < 4.78 is 0. The number of rotatable bonds is 3. The largest absolute Gasteiger partial charge is 0.314 e. The first-order chi connectivity index (χ1) is 10.2. The van der Waals surface area contributed by atoms with Crippen LogP contribution in [0.1, 0.15) is 24.0 Å². The van der Waals surface area contributed by atoms with Gasteiger partial charge in [0.15, 0.2) is 0 Å². The second-order valence-corrected chi connectivity index (χ2v) is 5.64. The van der Waals surface area contributed by atoms with E-state index in [2.05, 4.69) is 85.5 Å². The van der Waals surface area contributed by atoms with Crippen molar-refractivity contribution in [1.82, 2.24) is 0 Å². The van der Waals surface area contributed by atoms with Gasteiger partial charge in [0.05, 0.1) is 0 Å². The monoisotopic (exact) mass is 275 g/mol. The van der Waals surface area contributed by atoms with E-state index in [0.717, 1.165) is 12.8 Å². The second kappa shape index (κ2) is 6.01. The lowest BCUT2D eigenvalue weighted by Gasteiger charge is -2.29. The summed E-state index contributed by atoms with van der Waals surface area (Å²) in [5.74, 6) is 0. The first kappa shape index (κ1) is 13.7. The number of aryl methyl sites for hydroxylation is 2. The van der Waals surface area contributed by atoms with Crippen molar-refractivity contribution in [3.05, 3.63) is 83.6 Å². The summed E-state index contributed by atoms with van der Waals surface area (Å²) >= 11 is 0. The molecule has 106 valence electrons. The van der Waals surface area contributed by atoms with Crippen LogP contribution in [0.5, 0.6) is 0 Å². The summed E-state index contributed by atoms with van der Waals surface area (Å²) in [6.45, 7) is 4.29. The fourth-order valence-corrected chi connectivity index (χ4v) is 2.79. The molecule has 0 saturated heterocycles. The number of allylic oxidation sites excluding steroid dienone is 4. The first-order valence-electron chi connectivity index (χ1n) is 7.53. The molecular weight excluding hydrogens is 254 g/mol. The predicted octanol–water partition coefficient (Wildman–Crippen LogP) is 5.68. The number of hydrogen-bond donors (Lipinski definition) is 0. The van der Waals surface area contributed by atoms with Gasteiger partial charge >= 0.3 is 0 Å². The topological polar surface area (TPSA) is 3.24 Å². The molecule has 0 aromatic heterocycles. The van der Waals surface area contributed by atoms with Gasteiger partial charge in [-0.05, 0) is 68.2 Å². The molecule has 1 aliphatic carbocycles. The molecule has 0 unspecified atom stereocenters. The van der Waals surface area contributed by atoms with Gasteiger partial charge in [-0.1, -0.05) is 36.4 Å². The highest BCUT2D eigenvalue weighted by atomic mass is 15.1. The Morgan fingerprint density at radius 2 is 1.48 bits per heavy atom. The lowest BCUT2D eigenvalue weighted by atomic mass is 10.1. The Labute approximate surface area is 127 Å². The third-order valence-electron chi connectivity index (χ3n) is 3.80. The van der Waals surface area contributed by atoms with Crippen molar-refractivity contribution < 1.29 is 0 Å². The SMILES string of the molecule is Cc1cccc(N(C2=CC=CCC2)c2cccc(C)c2)c1. The van der Waals surface area contributed by atoms with E-state index in [4.69, 9.17) is 0 Å². The Kier molecular flexibility index (Phi) is 3.92. The zero-order chi connectivity index (χ0) is 14.7. The van der Waals surface area contributed by atoms with E-state index in [1.165, 1.54) is 28.2 Å². The molecule has 21 heavy (non-hydrogen) atoms. The normalized spacial score (nSPS) is 13.9. The van der Waals surface area contributed by atoms with Crippen LogP contribution >= 0.6 is 0 Å². The van der Waals surface area contributed by atoms with Gasteiger partial charge in [0.25, 0.3) is 0 Å². The minimum Gasteiger partial charge on any atom is -0.314 e. The van der Waals surface area contributed by atoms with Gasteiger partial charge < -0.3 is 4.90 Å². The maximum Gasteiger partial charge on any atom is 0.0461 e. The van der Waals surface area contributed by atoms with E-state index < -0.39 is 0 Å². The molecule has 1 aliphatic rings. The van der Waals surface area contributed by atoms with Crippen LogP contribution in [0.25, 0.3) is 0 Å². The number of anilines is 2. The molecule has 0 spiro atoms. The van der Waals surface area contributed by atoms with Gasteiger partial charge in [-0.15, -0.1) is 0 Å². The zero-order valence-corrected chi connectivity index (χ0v) is 12.7. The summed E-state index contributed by atoms with van der Waals surface area (Å²) in [6.07, 6.45) is 8.82. The number of benzene rings is 2. The minimum absolute atomic E-state index is 1.08. The molecule has 0 radical (unpaired) electrons. The van der Waals surface area contributed by atoms with Gasteiger partial charge in [0.1, 0.15) is 0 Å². The third-order valence-corrected chi connectivity index (χ3v) is 3.80. The molecule has 0 heterocycles. The predicted molar refractivity (Wildman–Crippen MR) is 91.0 cm³/mol. The summed E-state index contributed by atoms with van der Waals surface area (Å²) in [6, 6.07) is 17.4. The Balaban J connectivity index is 2.10. The minimum atomic E-state index is 1.08. The molecular formula is C20H21N. The van der Waals surface area contributed by atoms with Crippen LogP contribution in [0.2, 0.25) is 0 Å². The van der Waals surface area contributed by atoms with Crippen LogP contribution in [0, 0.1) is 13.8 Å². The molecule has 0 bridgehead atoms. The highest BCUT2D eigenvalue weighted by Crippen LogP contribution is 2.33. The third kappa shape index (κ3) is 3.08. The Morgan fingerprint density at radius 1 is 0.857 bits per heavy atom. The van der Waals surface area contributed by atoms with Crippen molar-refractivity contribution in [3.8, 4) is 0 Å². The summed E-state index contributed by atoms with van der Waals surface area (Å²) in [7, 11) is 0. The summed E-state index contributed by atoms with van der Waals surface area (Å²) in [5, 5.41) is 0. The van der Waals surface area contributed by atoms with Gasteiger partial charge in [-0.2, -0.15) is 0 Å². The Bertz CT molecular complexity index is 649. The van der Waals surface area contributed by atoms with Crippen LogP contribution in [-0.2, 0) is 0 Å². The molecule has 1 heteroatoms. The van der Waals surface area contributed by atoms with Crippen molar-refractivity contribution >= 4 is 11.4 Å². The van der Waals surface area contributed by atoms with Crippen molar-refractivity contribution in [2.75, 3.05) is 4.90 Å². The van der Waals surface area contributed by atoms with Gasteiger partial charge in [0, 0.05) is 17.1 Å². The van der Waals surface area contributed by atoms with Gasteiger partial charge in [-0.3, -0.25) is 0 Å². The van der Waals surface area contributed by atoms with E-state index in [1.54, 1.807) is 0 Å². The maximum atomic E-state index is 2.38. The van der Waals surface area contributed by atoms with Crippen molar-refractivity contribution in [2.45, 2.75) is 26.7 Å². The van der Waals surface area contributed by atoms with Crippen molar-refractivity contribution in [3.63, 3.8) is 0 Å². The highest BCUT2D eigenvalue weighted by Gasteiger charge is 2.15. The van der Waals surface area contributed by atoms with Crippen LogP contribution in [0.4, 0.5) is 11.4 Å². The number of hydrogen-bond acceptors (Lipinski definition) is 1. The van der Waals surface area contributed by atoms with E-state index in [9.17, 15) is 0 Å². The lowest BCUT2D eigenvalue weighted by Crippen LogP contribution is -2.17. The number of nitrogens with zero attached hydrogens (tertiary/aromatic N) is 1. The molecule has 0 fully saturated rings. The molecule has 1 nitrogen and oxygen atoms in total. The van der Waals surface area contributed by atoms with E-state index in [0.29, 0.717) is 0 Å². The summed E-state index contributed by atoms with van der Waals surface area (Å²) in [5.41, 5.74) is 6.41. The Morgan fingerprint density at radius 3 is 1.95 bits per heavy atom. The zero-order valence-electron chi connectivity index (χ0n) is 12.7. The summed E-state index contributed by atoms with van der Waals surface area (Å²) in [4.78, 5) is 2.38. The quantitative estimate of drug-likeness (QED) is 0.697. The van der Waals surface area contributed by atoms with E-state index in [1.807, 2.05) is 0 Å². The average Bonchev–Trinajstić information content (AvgIpc) is 2.49. The standard InChI is InChI=1S/C20H21N/c1-16-8-6-12-19(14-16)21(18-10-4-3-5-11-18)20-13-7-9-17(2)15-20/h3-4,6-10,12-15H,5,11H2,1-2H3. The molecule has 2 aromatic rings. The second-order valence-electron chi connectivity index (χ2n) is 5.64. The van der Waals surface area contributed by atoms with Crippen LogP contribution in [0.3, 0.4) is 0 Å². The van der Waals surface area contributed by atoms with Gasteiger partial charge in [-0.25, -0.2) is 0 Å². The fraction of sp³-hybridized carbons (Fsp3) is 0.200. The molecule has 2 aromatic carbocycles.